The number of hydrogen-bond donors (Lipinski definition) is 2. The molecular formula is C28H29F3N8O3S. The van der Waals surface area contributed by atoms with Gasteiger partial charge in [-0.1, -0.05) is 12.1 Å². The van der Waals surface area contributed by atoms with E-state index in [0.717, 1.165) is 22.4 Å². The minimum Gasteiger partial charge on any atom is -0.495 e. The largest absolute Gasteiger partial charge is 0.495 e. The summed E-state index contributed by atoms with van der Waals surface area (Å²) < 4.78 is 75.0. The second-order valence-electron chi connectivity index (χ2n) is 10.7. The molecule has 1 aliphatic heterocycles. The Morgan fingerprint density at radius 2 is 1.86 bits per heavy atom. The third-order valence-corrected chi connectivity index (χ3v) is 9.07. The van der Waals surface area contributed by atoms with Gasteiger partial charge in [0.25, 0.3) is 0 Å². The van der Waals surface area contributed by atoms with Gasteiger partial charge in [0.15, 0.2) is 9.84 Å². The lowest BCUT2D eigenvalue weighted by molar-refractivity contribution is -0.211. The smallest absolute Gasteiger partial charge is 0.406 e. The van der Waals surface area contributed by atoms with Crippen LogP contribution in [0, 0.1) is 0 Å². The predicted molar refractivity (Wildman–Crippen MR) is 152 cm³/mol. The average molecular weight is 615 g/mol. The van der Waals surface area contributed by atoms with Gasteiger partial charge < -0.3 is 15.4 Å². The molecule has 0 bridgehead atoms. The molecule has 15 heteroatoms. The maximum Gasteiger partial charge on any atom is 0.406 e. The third-order valence-electron chi connectivity index (χ3n) is 7.95. The van der Waals surface area contributed by atoms with E-state index in [-0.39, 0.29) is 35.7 Å². The fraction of sp³-hybridized carbons (Fsp3) is 0.321. The van der Waals surface area contributed by atoms with Gasteiger partial charge in [-0.3, -0.25) is 5.73 Å². The van der Waals surface area contributed by atoms with E-state index in [4.69, 9.17) is 21.2 Å². The molecule has 226 valence electrons. The molecule has 3 heterocycles. The number of aromatic nitrogens is 4. The van der Waals surface area contributed by atoms with E-state index in [1.54, 1.807) is 34.1 Å². The van der Waals surface area contributed by atoms with Crippen LogP contribution in [0.1, 0.15) is 30.3 Å². The number of pyridine rings is 1. The fourth-order valence-corrected chi connectivity index (χ4v) is 6.50. The summed E-state index contributed by atoms with van der Waals surface area (Å²) in [6, 6.07) is 15.3. The molecule has 2 atom stereocenters. The maximum atomic E-state index is 14.5. The summed E-state index contributed by atoms with van der Waals surface area (Å²) in [4.78, 5) is 11.4. The molecule has 4 aromatic rings. The van der Waals surface area contributed by atoms with Crippen molar-refractivity contribution in [3.63, 3.8) is 0 Å². The van der Waals surface area contributed by atoms with E-state index in [1.165, 1.54) is 25.6 Å². The summed E-state index contributed by atoms with van der Waals surface area (Å²) in [6.07, 6.45) is -3.34. The number of nitrogens with two attached hydrogens (primary N) is 2. The molecule has 0 spiro atoms. The lowest BCUT2D eigenvalue weighted by Crippen LogP contribution is -2.67. The molecule has 11 nitrogen and oxygen atoms in total. The minimum absolute atomic E-state index is 0.0390. The molecule has 0 amide bonds. The number of sulfone groups is 1. The summed E-state index contributed by atoms with van der Waals surface area (Å²) in [5.41, 5.74) is 13.9. The molecule has 2 unspecified atom stereocenters. The first-order valence-electron chi connectivity index (χ1n) is 13.3. The van der Waals surface area contributed by atoms with Crippen LogP contribution in [-0.4, -0.2) is 64.4 Å². The number of nitrogens with zero attached hydrogens (tertiary/aromatic N) is 6. The first-order valence-corrected chi connectivity index (χ1v) is 15.2. The zero-order valence-corrected chi connectivity index (χ0v) is 24.0. The van der Waals surface area contributed by atoms with Crippen LogP contribution in [0.4, 0.5) is 18.9 Å². The second-order valence-corrected chi connectivity index (χ2v) is 12.7. The molecule has 2 aliphatic rings. The lowest BCUT2D eigenvalue weighted by atomic mass is 10.0. The number of fused-ring (bicyclic) bond motifs is 1. The summed E-state index contributed by atoms with van der Waals surface area (Å²) in [7, 11) is -2.29. The first-order chi connectivity index (χ1) is 20.3. The second kappa shape index (κ2) is 10.3. The van der Waals surface area contributed by atoms with Gasteiger partial charge in [0.1, 0.15) is 41.3 Å². The van der Waals surface area contributed by atoms with Gasteiger partial charge in [-0.05, 0) is 60.9 Å². The van der Waals surface area contributed by atoms with Gasteiger partial charge in [0.2, 0.25) is 0 Å². The van der Waals surface area contributed by atoms with Crippen molar-refractivity contribution < 1.29 is 26.3 Å². The van der Waals surface area contributed by atoms with Gasteiger partial charge >= 0.3 is 6.18 Å². The highest BCUT2D eigenvalue weighted by molar-refractivity contribution is 7.90. The summed E-state index contributed by atoms with van der Waals surface area (Å²) in [5, 5.41) is 4.15. The van der Waals surface area contributed by atoms with Crippen molar-refractivity contribution in [3.05, 3.63) is 78.5 Å². The number of benzene rings is 2. The van der Waals surface area contributed by atoms with Crippen LogP contribution in [0.25, 0.3) is 16.9 Å². The number of alkyl halides is 3. The van der Waals surface area contributed by atoms with Crippen molar-refractivity contribution in [1.82, 2.24) is 24.6 Å². The van der Waals surface area contributed by atoms with Gasteiger partial charge in [-0.25, -0.2) is 28.0 Å². The SMILES string of the molecule is COc1ccc(-c2ccc3c(n2)C(N)N(C2(C(F)(F)F)CC2)C(N)N3Cc2cccc(-n3cncn3)c2)cc1S(C)(=O)=O. The van der Waals surface area contributed by atoms with Crippen molar-refractivity contribution in [1.29, 1.82) is 0 Å². The summed E-state index contributed by atoms with van der Waals surface area (Å²) in [6.45, 7) is 0.148. The average Bonchev–Trinajstić information content (AvgIpc) is 3.59. The molecule has 0 radical (unpaired) electrons. The highest BCUT2D eigenvalue weighted by Gasteiger charge is 2.70. The Hall–Kier alpha value is -4.05. The quantitative estimate of drug-likeness (QED) is 0.318. The highest BCUT2D eigenvalue weighted by Crippen LogP contribution is 2.57. The van der Waals surface area contributed by atoms with Crippen molar-refractivity contribution >= 4 is 15.5 Å². The van der Waals surface area contributed by atoms with Gasteiger partial charge in [-0.2, -0.15) is 18.3 Å². The Labute approximate surface area is 245 Å². The molecule has 43 heavy (non-hydrogen) atoms. The number of methoxy groups -OCH3 is 1. The number of ether oxygens (including phenoxy) is 1. The molecule has 1 aliphatic carbocycles. The van der Waals surface area contributed by atoms with E-state index >= 15 is 0 Å². The predicted octanol–water partition coefficient (Wildman–Crippen LogP) is 3.36. The van der Waals surface area contributed by atoms with Gasteiger partial charge in [0, 0.05) is 18.4 Å². The number of anilines is 1. The number of halogens is 3. The monoisotopic (exact) mass is 614 g/mol. The minimum atomic E-state index is -4.57. The van der Waals surface area contributed by atoms with Crippen LogP contribution >= 0.6 is 0 Å². The Bertz CT molecular complexity index is 1780. The highest BCUT2D eigenvalue weighted by atomic mass is 32.2. The van der Waals surface area contributed by atoms with Crippen LogP contribution in [0.2, 0.25) is 0 Å². The lowest BCUT2D eigenvalue weighted by Gasteiger charge is -2.50. The molecule has 0 saturated heterocycles. The Balaban J connectivity index is 1.46. The van der Waals surface area contributed by atoms with E-state index in [0.29, 0.717) is 16.9 Å². The molecule has 2 aromatic carbocycles. The zero-order valence-electron chi connectivity index (χ0n) is 23.2. The molecule has 1 fully saturated rings. The first kappa shape index (κ1) is 29.0. The van der Waals surface area contributed by atoms with Crippen LogP contribution in [0.5, 0.6) is 5.75 Å². The summed E-state index contributed by atoms with van der Waals surface area (Å²) >= 11 is 0. The Morgan fingerprint density at radius 3 is 2.49 bits per heavy atom. The van der Waals surface area contributed by atoms with Crippen molar-refractivity contribution in [2.24, 2.45) is 11.5 Å². The summed E-state index contributed by atoms with van der Waals surface area (Å²) in [5.74, 6) is 0.165. The molecule has 6 rings (SSSR count). The maximum absolute atomic E-state index is 14.5. The Kier molecular flexibility index (Phi) is 6.95. The number of rotatable bonds is 7. The number of hydrogen-bond acceptors (Lipinski definition) is 10. The van der Waals surface area contributed by atoms with E-state index in [9.17, 15) is 21.6 Å². The van der Waals surface area contributed by atoms with Gasteiger partial charge in [-0.15, -0.1) is 0 Å². The van der Waals surface area contributed by atoms with E-state index in [1.807, 2.05) is 24.3 Å². The topological polar surface area (TPSA) is 145 Å². The molecule has 2 aromatic heterocycles. The van der Waals surface area contributed by atoms with Crippen molar-refractivity contribution in [2.45, 2.75) is 48.5 Å². The molecule has 1 saturated carbocycles. The van der Waals surface area contributed by atoms with Gasteiger partial charge in [0.05, 0.1) is 29.9 Å². The van der Waals surface area contributed by atoms with E-state index < -0.39 is 34.0 Å². The van der Waals surface area contributed by atoms with Crippen LogP contribution in [0.3, 0.4) is 0 Å². The van der Waals surface area contributed by atoms with Crippen LogP contribution in [0.15, 0.2) is 72.1 Å². The normalized spacial score (nSPS) is 20.1. The molecular weight excluding hydrogens is 585 g/mol. The zero-order chi connectivity index (χ0) is 30.7. The van der Waals surface area contributed by atoms with E-state index in [2.05, 4.69) is 10.1 Å². The standard InChI is InChI=1S/C28H29F3N8O3S/c1-42-22-9-6-18(13-23(22)43(2,40)41)20-7-8-21-24(36-20)25(32)39(27(10-11-27)28(29,30)31)26(33)37(21)14-17-4-3-5-19(12-17)38-16-34-15-35-38/h3-9,12-13,15-16,25-26H,10-11,14,32-33H2,1-2H3. The van der Waals surface area contributed by atoms with Crippen LogP contribution < -0.4 is 21.1 Å². The third kappa shape index (κ3) is 5.01. The van der Waals surface area contributed by atoms with Crippen molar-refractivity contribution in [3.8, 4) is 22.7 Å². The van der Waals surface area contributed by atoms with Crippen molar-refractivity contribution in [2.75, 3.05) is 18.3 Å². The van der Waals surface area contributed by atoms with Crippen LogP contribution in [-0.2, 0) is 16.4 Å². The Morgan fingerprint density at radius 1 is 1.09 bits per heavy atom. The molecule has 4 N–H and O–H groups in total. The fourth-order valence-electron chi connectivity index (χ4n) is 5.64.